The van der Waals surface area contributed by atoms with Gasteiger partial charge in [0.25, 0.3) is 0 Å². The Labute approximate surface area is 359 Å². The van der Waals surface area contributed by atoms with Crippen LogP contribution in [0.2, 0.25) is 15.5 Å². The van der Waals surface area contributed by atoms with Crippen LogP contribution in [0.3, 0.4) is 0 Å². The number of nitriles is 1. The van der Waals surface area contributed by atoms with Gasteiger partial charge in [-0.15, -0.1) is 0 Å². The summed E-state index contributed by atoms with van der Waals surface area (Å²) < 4.78 is 64.7. The molecule has 28 heteroatoms. The molecular formula is C33H33Cl3F2N12O10S. The average Bonchev–Trinajstić information content (AvgIpc) is 3.15. The zero-order valence-corrected chi connectivity index (χ0v) is 35.5. The van der Waals surface area contributed by atoms with Crippen LogP contribution in [0.15, 0.2) is 23.1 Å². The van der Waals surface area contributed by atoms with Crippen LogP contribution >= 0.6 is 34.8 Å². The van der Waals surface area contributed by atoms with Gasteiger partial charge in [-0.3, -0.25) is 30.3 Å². The summed E-state index contributed by atoms with van der Waals surface area (Å²) in [5, 5.41) is 40.0. The smallest absolute Gasteiger partial charge is 0.348 e. The number of rotatable bonds is 8. The zero-order valence-electron chi connectivity index (χ0n) is 32.5. The Hall–Kier alpha value is -5.65. The maximum absolute atomic E-state index is 14.2. The zero-order chi connectivity index (χ0) is 45.5. The third-order valence-electron chi connectivity index (χ3n) is 8.38. The summed E-state index contributed by atoms with van der Waals surface area (Å²) in [4.78, 5) is 56.5. The largest absolute Gasteiger partial charge is 0.375 e. The third-order valence-corrected chi connectivity index (χ3v) is 11.0. The van der Waals surface area contributed by atoms with Crippen LogP contribution in [0.25, 0.3) is 0 Å². The number of nitro groups is 3. The Morgan fingerprint density at radius 1 is 0.754 bits per heavy atom. The van der Waals surface area contributed by atoms with Gasteiger partial charge in [0, 0.05) is 26.2 Å². The van der Waals surface area contributed by atoms with E-state index in [0.717, 1.165) is 12.1 Å². The van der Waals surface area contributed by atoms with Crippen LogP contribution in [0.5, 0.6) is 0 Å². The number of anilines is 2. The number of aryl methyl sites for hydroxylation is 3. The summed E-state index contributed by atoms with van der Waals surface area (Å²) in [5.74, 6) is -2.32. The second kappa shape index (κ2) is 20.3. The Balaban J connectivity index is 0.000000229. The fourth-order valence-corrected chi connectivity index (χ4v) is 8.18. The third kappa shape index (κ3) is 11.4. The lowest BCUT2D eigenvalue weighted by Gasteiger charge is -2.32. The summed E-state index contributed by atoms with van der Waals surface area (Å²) in [7, 11) is -4.90. The number of hydrogen-bond donors (Lipinski definition) is 0. The van der Waals surface area contributed by atoms with Crippen LogP contribution in [0.4, 0.5) is 37.5 Å². The number of benzene rings is 1. The monoisotopic (exact) mass is 932 g/mol. The minimum Gasteiger partial charge on any atom is -0.375 e. The molecule has 22 nitrogen and oxygen atoms in total. The van der Waals surface area contributed by atoms with Gasteiger partial charge in [0.05, 0.1) is 46.3 Å². The number of sulfone groups is 1. The van der Waals surface area contributed by atoms with Crippen molar-refractivity contribution in [2.45, 2.75) is 57.0 Å². The van der Waals surface area contributed by atoms with E-state index >= 15 is 0 Å². The van der Waals surface area contributed by atoms with Crippen molar-refractivity contribution in [3.8, 4) is 6.07 Å². The van der Waals surface area contributed by atoms with E-state index in [9.17, 15) is 52.8 Å². The Morgan fingerprint density at radius 3 is 1.62 bits per heavy atom. The van der Waals surface area contributed by atoms with Crippen LogP contribution < -0.4 is 9.80 Å². The van der Waals surface area contributed by atoms with E-state index in [2.05, 4.69) is 29.9 Å². The van der Waals surface area contributed by atoms with Crippen molar-refractivity contribution in [3.05, 3.63) is 98.8 Å². The van der Waals surface area contributed by atoms with Crippen molar-refractivity contribution in [3.63, 3.8) is 0 Å². The Morgan fingerprint density at radius 2 is 1.18 bits per heavy atom. The average molecular weight is 934 g/mol. The molecule has 0 aliphatic carbocycles. The molecule has 0 N–H and O–H groups in total. The van der Waals surface area contributed by atoms with E-state index < -0.39 is 63.5 Å². The molecule has 0 saturated carbocycles. The molecule has 5 heterocycles. The quantitative estimate of drug-likeness (QED) is 0.114. The van der Waals surface area contributed by atoms with Gasteiger partial charge in [0.15, 0.2) is 17.3 Å². The van der Waals surface area contributed by atoms with Crippen molar-refractivity contribution in [2.24, 2.45) is 0 Å². The molecule has 6 rings (SSSR count). The maximum atomic E-state index is 14.2. The van der Waals surface area contributed by atoms with Gasteiger partial charge in [0.1, 0.15) is 22.4 Å². The first-order chi connectivity index (χ1) is 28.6. The molecule has 4 aromatic rings. The topological polar surface area (TPSA) is 290 Å². The molecule has 3 aromatic heterocycles. The molecule has 2 aliphatic heterocycles. The van der Waals surface area contributed by atoms with E-state index in [0.29, 0.717) is 37.4 Å². The van der Waals surface area contributed by atoms with Crippen LogP contribution in [0.1, 0.15) is 42.3 Å². The van der Waals surface area contributed by atoms with E-state index in [-0.39, 0.29) is 70.5 Å². The molecule has 3 unspecified atom stereocenters. The highest BCUT2D eigenvalue weighted by molar-refractivity contribution is 7.92. The Kier molecular flexibility index (Phi) is 16.0. The fraction of sp³-hybridized carbons (Fsp3) is 0.424. The van der Waals surface area contributed by atoms with Gasteiger partial charge in [-0.2, -0.15) is 5.26 Å². The SMILES string of the molecule is Cc1nc(C(C#N)S(=O)(=O)c2cccc(F)c2F)c([N+](=O)[O-])c(N2CCOC(C)C2)n1.Cc1nc(Cl)c([N+](=O)[O-])c(Cl)n1.Cc1nc(Cl)c([N+](=O)[O-])c(N2CCOC(C)C2)n1. The minimum atomic E-state index is -4.90. The van der Waals surface area contributed by atoms with Crippen molar-refractivity contribution in [1.29, 1.82) is 5.26 Å². The van der Waals surface area contributed by atoms with Gasteiger partial charge < -0.3 is 19.3 Å². The van der Waals surface area contributed by atoms with E-state index in [1.54, 1.807) is 20.8 Å². The Bertz CT molecular complexity index is 2480. The number of ether oxygens (including phenoxy) is 2. The summed E-state index contributed by atoms with van der Waals surface area (Å²) in [6.07, 6.45) is -0.267. The summed E-state index contributed by atoms with van der Waals surface area (Å²) >= 11 is 16.7. The first-order valence-corrected chi connectivity index (χ1v) is 20.1. The van der Waals surface area contributed by atoms with E-state index in [1.165, 1.54) is 17.9 Å². The normalized spacial score (nSPS) is 16.9. The molecule has 3 atom stereocenters. The van der Waals surface area contributed by atoms with Crippen LogP contribution in [-0.4, -0.2) is 105 Å². The predicted molar refractivity (Wildman–Crippen MR) is 212 cm³/mol. The molecule has 2 saturated heterocycles. The molecule has 61 heavy (non-hydrogen) atoms. The van der Waals surface area contributed by atoms with E-state index in [1.807, 2.05) is 11.8 Å². The molecule has 0 bridgehead atoms. The molecule has 0 radical (unpaired) electrons. The molecule has 326 valence electrons. The molecule has 2 aliphatic rings. The lowest BCUT2D eigenvalue weighted by atomic mass is 10.2. The summed E-state index contributed by atoms with van der Waals surface area (Å²) in [6, 6.07) is 3.90. The van der Waals surface area contributed by atoms with Gasteiger partial charge in [0.2, 0.25) is 42.2 Å². The summed E-state index contributed by atoms with van der Waals surface area (Å²) in [5.41, 5.74) is -2.19. The van der Waals surface area contributed by atoms with Gasteiger partial charge in [-0.05, 0) is 46.8 Å². The van der Waals surface area contributed by atoms with Gasteiger partial charge in [-0.25, -0.2) is 47.1 Å². The number of hydrogen-bond acceptors (Lipinski definition) is 19. The van der Waals surface area contributed by atoms with Crippen LogP contribution in [-0.2, 0) is 19.3 Å². The van der Waals surface area contributed by atoms with Crippen molar-refractivity contribution < 1.29 is 41.4 Å². The van der Waals surface area contributed by atoms with Gasteiger partial charge >= 0.3 is 17.1 Å². The molecule has 0 amide bonds. The van der Waals surface area contributed by atoms with E-state index in [4.69, 9.17) is 44.3 Å². The lowest BCUT2D eigenvalue weighted by molar-refractivity contribution is -0.385. The first-order valence-electron chi connectivity index (χ1n) is 17.4. The van der Waals surface area contributed by atoms with Crippen molar-refractivity contribution in [2.75, 3.05) is 49.2 Å². The highest BCUT2D eigenvalue weighted by Gasteiger charge is 2.42. The second-order valence-electron chi connectivity index (χ2n) is 12.9. The molecule has 2 fully saturated rings. The molecule has 1 aromatic carbocycles. The molecular weight excluding hydrogens is 901 g/mol. The lowest BCUT2D eigenvalue weighted by Crippen LogP contribution is -2.42. The fourth-order valence-electron chi connectivity index (χ4n) is 5.83. The minimum absolute atomic E-state index is 0.00685. The standard InChI is InChI=1S/C18H17F2N5O5S.C10H13ClN4O3.C5H3Cl2N3O2/c1-10-9-24(6-7-30-10)18-17(25(26)27)16(22-11(2)23-18)14(8-21)31(28,29)13-5-3-4-12(19)15(13)20;1-6-5-14(3-4-18-6)10-8(15(16)17)9(11)12-7(2)13-10;1-2-8-4(6)3(10(11)12)5(7)9-2/h3-5,10,14H,6-7,9H2,1-2H3;6H,3-5H2,1-2H3;1H3. The maximum Gasteiger partial charge on any atom is 0.348 e. The molecule has 0 spiro atoms. The predicted octanol–water partition coefficient (Wildman–Crippen LogP) is 5.81. The number of nitrogens with zero attached hydrogens (tertiary/aromatic N) is 12. The van der Waals surface area contributed by atoms with Gasteiger partial charge in [-0.1, -0.05) is 40.9 Å². The number of morpholine rings is 2. The first kappa shape index (κ1) is 48.0. The number of aromatic nitrogens is 6. The van der Waals surface area contributed by atoms with Crippen LogP contribution in [0, 0.1) is 74.1 Å². The highest BCUT2D eigenvalue weighted by atomic mass is 35.5. The highest BCUT2D eigenvalue weighted by Crippen LogP contribution is 2.39. The summed E-state index contributed by atoms with van der Waals surface area (Å²) in [6.45, 7) is 10.6. The number of halogens is 5. The van der Waals surface area contributed by atoms with Crippen molar-refractivity contribution >= 4 is 73.3 Å². The second-order valence-corrected chi connectivity index (χ2v) is 16.0. The van der Waals surface area contributed by atoms with Crippen molar-refractivity contribution in [1.82, 2.24) is 29.9 Å².